The average molecular weight is 413 g/mol. The molecular formula is C20H21ClN6O2. The largest absolute Gasteiger partial charge is 0.378 e. The molecule has 0 bridgehead atoms. The van der Waals surface area contributed by atoms with E-state index in [1.165, 1.54) is 0 Å². The van der Waals surface area contributed by atoms with E-state index < -0.39 is 5.91 Å². The summed E-state index contributed by atoms with van der Waals surface area (Å²) in [4.78, 5) is 23.8. The third-order valence-corrected chi connectivity index (χ3v) is 4.92. The van der Waals surface area contributed by atoms with Crippen LogP contribution in [0.3, 0.4) is 0 Å². The number of amides is 1. The lowest BCUT2D eigenvalue weighted by Gasteiger charge is -2.27. The maximum absolute atomic E-state index is 12.8. The lowest BCUT2D eigenvalue weighted by atomic mass is 10.3. The summed E-state index contributed by atoms with van der Waals surface area (Å²) in [5.41, 5.74) is 2.50. The van der Waals surface area contributed by atoms with Gasteiger partial charge in [-0.25, -0.2) is 14.6 Å². The topological polar surface area (TPSA) is 85.2 Å². The van der Waals surface area contributed by atoms with Crippen LogP contribution < -0.4 is 10.2 Å². The molecule has 4 rings (SSSR count). The molecule has 1 saturated heterocycles. The van der Waals surface area contributed by atoms with Gasteiger partial charge < -0.3 is 15.0 Å². The van der Waals surface area contributed by atoms with Crippen molar-refractivity contribution >= 4 is 29.0 Å². The zero-order valence-electron chi connectivity index (χ0n) is 16.2. The highest BCUT2D eigenvalue weighted by Gasteiger charge is 2.17. The normalized spacial score (nSPS) is 14.1. The SMILES string of the molecule is Cc1cc(C)n(-c2ccc(Cl)c(C(=O)Nc3ccc(N4CCOCC4)nc3)n2)n1. The van der Waals surface area contributed by atoms with Gasteiger partial charge in [-0.15, -0.1) is 0 Å². The first-order valence-electron chi connectivity index (χ1n) is 9.31. The second kappa shape index (κ2) is 8.18. The van der Waals surface area contributed by atoms with E-state index in [1.54, 1.807) is 23.0 Å². The summed E-state index contributed by atoms with van der Waals surface area (Å²) >= 11 is 6.23. The molecule has 0 aromatic carbocycles. The van der Waals surface area contributed by atoms with E-state index in [-0.39, 0.29) is 10.7 Å². The van der Waals surface area contributed by atoms with Gasteiger partial charge in [-0.1, -0.05) is 11.6 Å². The first kappa shape index (κ1) is 19.4. The van der Waals surface area contributed by atoms with E-state index in [0.29, 0.717) is 24.7 Å². The molecule has 0 atom stereocenters. The van der Waals surface area contributed by atoms with E-state index in [4.69, 9.17) is 16.3 Å². The van der Waals surface area contributed by atoms with Gasteiger partial charge in [0.2, 0.25) is 0 Å². The summed E-state index contributed by atoms with van der Waals surface area (Å²) in [6, 6.07) is 9.01. The van der Waals surface area contributed by atoms with Gasteiger partial charge in [-0.05, 0) is 44.2 Å². The molecule has 0 saturated carbocycles. The van der Waals surface area contributed by atoms with E-state index in [1.807, 2.05) is 32.0 Å². The van der Waals surface area contributed by atoms with E-state index in [9.17, 15) is 4.79 Å². The van der Waals surface area contributed by atoms with Crippen molar-refractivity contribution in [2.24, 2.45) is 0 Å². The summed E-state index contributed by atoms with van der Waals surface area (Å²) in [5, 5.41) is 7.48. The lowest BCUT2D eigenvalue weighted by molar-refractivity contribution is 0.102. The van der Waals surface area contributed by atoms with Crippen LogP contribution in [-0.4, -0.2) is 52.0 Å². The number of nitrogens with one attached hydrogen (secondary N) is 1. The minimum Gasteiger partial charge on any atom is -0.378 e. The number of pyridine rings is 2. The number of carbonyl (C=O) groups excluding carboxylic acids is 1. The van der Waals surface area contributed by atoms with Crippen molar-refractivity contribution < 1.29 is 9.53 Å². The van der Waals surface area contributed by atoms with Crippen LogP contribution in [0.5, 0.6) is 0 Å². The van der Waals surface area contributed by atoms with Crippen molar-refractivity contribution in [1.82, 2.24) is 19.7 Å². The van der Waals surface area contributed by atoms with Crippen LogP contribution in [0.1, 0.15) is 21.9 Å². The zero-order valence-corrected chi connectivity index (χ0v) is 17.0. The smallest absolute Gasteiger partial charge is 0.275 e. The number of halogens is 1. The van der Waals surface area contributed by atoms with Gasteiger partial charge in [0.05, 0.1) is 35.8 Å². The second-order valence-corrected chi connectivity index (χ2v) is 7.20. The number of nitrogens with zero attached hydrogens (tertiary/aromatic N) is 5. The molecule has 8 nitrogen and oxygen atoms in total. The molecule has 0 unspecified atom stereocenters. The highest BCUT2D eigenvalue weighted by Crippen LogP contribution is 2.20. The van der Waals surface area contributed by atoms with Gasteiger partial charge in [-0.3, -0.25) is 4.79 Å². The van der Waals surface area contributed by atoms with Crippen LogP contribution in [0, 0.1) is 13.8 Å². The average Bonchev–Trinajstić information content (AvgIpc) is 3.07. The molecule has 3 aromatic heterocycles. The van der Waals surface area contributed by atoms with Gasteiger partial charge in [0.1, 0.15) is 11.5 Å². The maximum atomic E-state index is 12.8. The van der Waals surface area contributed by atoms with Gasteiger partial charge in [0.25, 0.3) is 5.91 Å². The highest BCUT2D eigenvalue weighted by atomic mass is 35.5. The summed E-state index contributed by atoms with van der Waals surface area (Å²) in [6.07, 6.45) is 1.63. The molecular weight excluding hydrogens is 392 g/mol. The third-order valence-electron chi connectivity index (χ3n) is 4.61. The molecule has 4 heterocycles. The van der Waals surface area contributed by atoms with E-state index in [2.05, 4.69) is 25.3 Å². The number of anilines is 2. The summed E-state index contributed by atoms with van der Waals surface area (Å²) in [6.45, 7) is 6.82. The van der Waals surface area contributed by atoms with Crippen LogP contribution in [0.25, 0.3) is 5.82 Å². The van der Waals surface area contributed by atoms with Crippen LogP contribution in [0.15, 0.2) is 36.5 Å². The Balaban J connectivity index is 1.52. The highest BCUT2D eigenvalue weighted by molar-refractivity contribution is 6.34. The van der Waals surface area contributed by atoms with Crippen molar-refractivity contribution in [3.8, 4) is 5.82 Å². The van der Waals surface area contributed by atoms with Gasteiger partial charge >= 0.3 is 0 Å². The molecule has 0 spiro atoms. The summed E-state index contributed by atoms with van der Waals surface area (Å²) < 4.78 is 7.04. The number of ether oxygens (including phenoxy) is 1. The molecule has 29 heavy (non-hydrogen) atoms. The Bertz CT molecular complexity index is 1030. The molecule has 3 aromatic rings. The maximum Gasteiger partial charge on any atom is 0.275 e. The number of hydrogen-bond acceptors (Lipinski definition) is 6. The molecule has 1 fully saturated rings. The summed E-state index contributed by atoms with van der Waals surface area (Å²) in [7, 11) is 0. The molecule has 0 radical (unpaired) electrons. The molecule has 1 aliphatic heterocycles. The zero-order chi connectivity index (χ0) is 20.4. The van der Waals surface area contributed by atoms with Crippen LogP contribution >= 0.6 is 11.6 Å². The number of aryl methyl sites for hydroxylation is 2. The minimum atomic E-state index is -0.403. The molecule has 150 valence electrons. The Morgan fingerprint density at radius 3 is 2.55 bits per heavy atom. The fraction of sp³-hybridized carbons (Fsp3) is 0.300. The molecule has 0 aliphatic carbocycles. The summed E-state index contributed by atoms with van der Waals surface area (Å²) in [5.74, 6) is 0.985. The second-order valence-electron chi connectivity index (χ2n) is 6.80. The Hall–Kier alpha value is -2.97. The molecule has 1 N–H and O–H groups in total. The minimum absolute atomic E-state index is 0.133. The van der Waals surface area contributed by atoms with Crippen molar-refractivity contribution in [2.45, 2.75) is 13.8 Å². The van der Waals surface area contributed by atoms with Crippen molar-refractivity contribution in [1.29, 1.82) is 0 Å². The van der Waals surface area contributed by atoms with Gasteiger partial charge in [-0.2, -0.15) is 5.10 Å². The van der Waals surface area contributed by atoms with Gasteiger partial charge in [0.15, 0.2) is 5.82 Å². The predicted molar refractivity (Wildman–Crippen MR) is 111 cm³/mol. The van der Waals surface area contributed by atoms with Gasteiger partial charge in [0, 0.05) is 18.8 Å². The fourth-order valence-corrected chi connectivity index (χ4v) is 3.39. The van der Waals surface area contributed by atoms with E-state index in [0.717, 1.165) is 30.3 Å². The van der Waals surface area contributed by atoms with E-state index >= 15 is 0 Å². The Morgan fingerprint density at radius 2 is 1.90 bits per heavy atom. The number of hydrogen-bond donors (Lipinski definition) is 1. The Morgan fingerprint density at radius 1 is 1.14 bits per heavy atom. The Kier molecular flexibility index (Phi) is 5.46. The monoisotopic (exact) mass is 412 g/mol. The quantitative estimate of drug-likeness (QED) is 0.709. The standard InChI is InChI=1S/C20H21ClN6O2/c1-13-11-14(2)27(25-13)18-6-4-16(21)19(24-18)20(28)23-15-3-5-17(22-12-15)26-7-9-29-10-8-26/h3-6,11-12H,7-10H2,1-2H3,(H,23,28). The first-order valence-corrected chi connectivity index (χ1v) is 9.69. The van der Waals surface area contributed by atoms with Crippen LogP contribution in [-0.2, 0) is 4.74 Å². The molecule has 1 aliphatic rings. The Labute approximate surface area is 173 Å². The predicted octanol–water partition coefficient (Wildman–Crippen LogP) is 3.02. The first-order chi connectivity index (χ1) is 14.0. The molecule has 1 amide bonds. The number of rotatable bonds is 4. The molecule has 9 heteroatoms. The number of morpholine rings is 1. The van der Waals surface area contributed by atoms with Crippen molar-refractivity contribution in [3.05, 3.63) is 58.6 Å². The van der Waals surface area contributed by atoms with Crippen molar-refractivity contribution in [2.75, 3.05) is 36.5 Å². The van der Waals surface area contributed by atoms with Crippen LogP contribution in [0.4, 0.5) is 11.5 Å². The lowest BCUT2D eigenvalue weighted by Crippen LogP contribution is -2.36. The number of carbonyl (C=O) groups is 1. The van der Waals surface area contributed by atoms with Crippen LogP contribution in [0.2, 0.25) is 5.02 Å². The number of aromatic nitrogens is 4. The third kappa shape index (κ3) is 4.23. The fourth-order valence-electron chi connectivity index (χ4n) is 3.20. The van der Waals surface area contributed by atoms with Crippen molar-refractivity contribution in [3.63, 3.8) is 0 Å².